The summed E-state index contributed by atoms with van der Waals surface area (Å²) in [5.41, 5.74) is 7.11. The van der Waals surface area contributed by atoms with Gasteiger partial charge in [0, 0.05) is 19.3 Å². The Hall–Kier alpha value is -1.50. The van der Waals surface area contributed by atoms with Gasteiger partial charge in [-0.05, 0) is 30.5 Å². The molecule has 19 heavy (non-hydrogen) atoms. The smallest absolute Gasteiger partial charge is 0.198 e. The van der Waals surface area contributed by atoms with Crippen molar-refractivity contribution in [2.75, 3.05) is 13.1 Å². The Bertz CT molecular complexity index is 642. The Morgan fingerprint density at radius 1 is 1.26 bits per heavy atom. The van der Waals surface area contributed by atoms with Gasteiger partial charge in [-0.1, -0.05) is 18.2 Å². The first kappa shape index (κ1) is 13.9. The average Bonchev–Trinajstić information content (AvgIpc) is 2.82. The van der Waals surface area contributed by atoms with Gasteiger partial charge < -0.3 is 15.2 Å². The number of nitrogens with two attached hydrogens (primary N) is 1. The fourth-order valence-electron chi connectivity index (χ4n) is 2.25. The highest BCUT2D eigenvalue weighted by molar-refractivity contribution is 14.0. The minimum atomic E-state index is 0. The minimum Gasteiger partial charge on any atom is -0.369 e. The van der Waals surface area contributed by atoms with Crippen LogP contribution in [0.3, 0.4) is 0 Å². The van der Waals surface area contributed by atoms with Gasteiger partial charge in [-0.15, -0.1) is 24.0 Å². The molecule has 0 spiro atoms. The normalized spacial score (nSPS) is 14.9. The number of para-hydroxylation sites is 1. The summed E-state index contributed by atoms with van der Waals surface area (Å²) in [6.45, 7) is 3.77. The van der Waals surface area contributed by atoms with Gasteiger partial charge in [-0.25, -0.2) is 0 Å². The van der Waals surface area contributed by atoms with Crippen LogP contribution in [0.25, 0.3) is 16.7 Å². The minimum absolute atomic E-state index is 0. The highest BCUT2D eigenvalue weighted by Gasteiger charge is 2.13. The van der Waals surface area contributed by atoms with Crippen LogP contribution in [-0.2, 0) is 0 Å². The van der Waals surface area contributed by atoms with E-state index in [-0.39, 0.29) is 24.0 Å². The number of fused-ring (bicyclic) bond motifs is 1. The zero-order chi connectivity index (χ0) is 12.5. The lowest BCUT2D eigenvalue weighted by atomic mass is 10.2. The molecule has 100 valence electrons. The summed E-state index contributed by atoms with van der Waals surface area (Å²) in [6.07, 6.45) is 4.14. The summed E-state index contributed by atoms with van der Waals surface area (Å²) in [4.78, 5) is 6.51. The number of hydrogen-bond acceptors (Lipinski definition) is 3. The molecule has 0 bridgehead atoms. The molecule has 0 saturated carbocycles. The molecule has 0 fully saturated rings. The summed E-state index contributed by atoms with van der Waals surface area (Å²) in [7, 11) is 0. The summed E-state index contributed by atoms with van der Waals surface area (Å²) in [5, 5.41) is 1.21. The summed E-state index contributed by atoms with van der Waals surface area (Å²) >= 11 is 0. The Morgan fingerprint density at radius 2 is 2.05 bits per heavy atom. The van der Waals surface area contributed by atoms with E-state index in [0.29, 0.717) is 5.96 Å². The number of nitrogens with zero attached hydrogens (tertiary/aromatic N) is 3. The number of rotatable bonds is 2. The summed E-state index contributed by atoms with van der Waals surface area (Å²) in [6, 6.07) is 10.4. The van der Waals surface area contributed by atoms with Crippen LogP contribution in [0.4, 0.5) is 0 Å². The van der Waals surface area contributed by atoms with E-state index in [4.69, 9.17) is 5.73 Å². The first-order chi connectivity index (χ1) is 8.79. The predicted molar refractivity (Wildman–Crippen MR) is 90.5 cm³/mol. The lowest BCUT2D eigenvalue weighted by molar-refractivity contribution is 0.477. The molecule has 1 aromatic carbocycles. The molecule has 4 nitrogen and oxygen atoms in total. The third-order valence-corrected chi connectivity index (χ3v) is 3.28. The number of halogens is 1. The molecule has 0 aliphatic carbocycles. The molecule has 2 heterocycles. The quantitative estimate of drug-likeness (QED) is 0.829. The van der Waals surface area contributed by atoms with E-state index in [2.05, 4.69) is 40.8 Å². The fourth-order valence-corrected chi connectivity index (χ4v) is 2.25. The van der Waals surface area contributed by atoms with Gasteiger partial charge in [0.1, 0.15) is 5.82 Å². The van der Waals surface area contributed by atoms with Crippen molar-refractivity contribution in [2.24, 2.45) is 10.7 Å². The topological polar surface area (TPSA) is 46.5 Å². The van der Waals surface area contributed by atoms with Crippen molar-refractivity contribution in [1.29, 1.82) is 0 Å². The predicted octanol–water partition coefficient (Wildman–Crippen LogP) is 2.71. The number of benzene rings is 1. The second kappa shape index (κ2) is 5.64. The molecule has 2 N–H and O–H groups in total. The molecular formula is C14H17IN4. The van der Waals surface area contributed by atoms with Gasteiger partial charge in [-0.3, -0.25) is 0 Å². The molecule has 0 unspecified atom stereocenters. The number of likely N-dealkylation sites (N-methyl/N-ethyl adjacent to an activating group) is 1. The van der Waals surface area contributed by atoms with E-state index in [1.807, 2.05) is 23.2 Å². The number of aliphatic imine (C=N–C) groups is 1. The molecule has 0 amide bonds. The molecule has 1 aliphatic rings. The second-order valence-electron chi connectivity index (χ2n) is 4.32. The van der Waals surface area contributed by atoms with Crippen LogP contribution >= 0.6 is 24.0 Å². The number of aromatic nitrogens is 1. The van der Waals surface area contributed by atoms with Crippen molar-refractivity contribution in [3.05, 3.63) is 42.6 Å². The third-order valence-electron chi connectivity index (χ3n) is 3.28. The van der Waals surface area contributed by atoms with E-state index in [0.717, 1.165) is 24.4 Å². The van der Waals surface area contributed by atoms with Crippen molar-refractivity contribution < 1.29 is 0 Å². The molecule has 2 aromatic rings. The van der Waals surface area contributed by atoms with E-state index in [9.17, 15) is 0 Å². The van der Waals surface area contributed by atoms with Crippen LogP contribution < -0.4 is 5.73 Å². The Balaban J connectivity index is 0.00000133. The van der Waals surface area contributed by atoms with Gasteiger partial charge >= 0.3 is 0 Å². The van der Waals surface area contributed by atoms with Crippen molar-refractivity contribution in [3.8, 4) is 0 Å². The Labute approximate surface area is 129 Å². The van der Waals surface area contributed by atoms with Gasteiger partial charge in [0.05, 0.1) is 5.52 Å². The van der Waals surface area contributed by atoms with Crippen LogP contribution in [0.15, 0.2) is 47.6 Å². The highest BCUT2D eigenvalue weighted by Crippen LogP contribution is 2.21. The van der Waals surface area contributed by atoms with Crippen LogP contribution in [0.5, 0.6) is 0 Å². The summed E-state index contributed by atoms with van der Waals surface area (Å²) < 4.78 is 2.08. The zero-order valence-electron chi connectivity index (χ0n) is 10.8. The van der Waals surface area contributed by atoms with E-state index in [1.54, 1.807) is 0 Å². The molecule has 0 radical (unpaired) electrons. The van der Waals surface area contributed by atoms with Crippen LogP contribution in [0, 0.1) is 0 Å². The molecule has 1 aromatic heterocycles. The number of hydrogen-bond donors (Lipinski definition) is 1. The van der Waals surface area contributed by atoms with E-state index in [1.165, 1.54) is 5.39 Å². The second-order valence-corrected chi connectivity index (χ2v) is 4.32. The lowest BCUT2D eigenvalue weighted by Gasteiger charge is -2.24. The zero-order valence-corrected chi connectivity index (χ0v) is 13.1. The van der Waals surface area contributed by atoms with Gasteiger partial charge in [0.15, 0.2) is 5.96 Å². The first-order valence-electron chi connectivity index (χ1n) is 6.15. The number of guanidine groups is 1. The SMILES string of the molecule is CCN1CC=C(n2ccc3ccccc32)N=C1N.I. The first-order valence-corrected chi connectivity index (χ1v) is 6.15. The van der Waals surface area contributed by atoms with Crippen molar-refractivity contribution in [2.45, 2.75) is 6.92 Å². The molecule has 5 heteroatoms. The average molecular weight is 368 g/mol. The monoisotopic (exact) mass is 368 g/mol. The molecule has 3 rings (SSSR count). The Kier molecular flexibility index (Phi) is 4.14. The third kappa shape index (κ3) is 2.47. The largest absolute Gasteiger partial charge is 0.369 e. The molecule has 0 atom stereocenters. The van der Waals surface area contributed by atoms with Crippen molar-refractivity contribution in [3.63, 3.8) is 0 Å². The lowest BCUT2D eigenvalue weighted by Crippen LogP contribution is -2.39. The molecular weight excluding hydrogens is 351 g/mol. The van der Waals surface area contributed by atoms with Gasteiger partial charge in [0.25, 0.3) is 0 Å². The summed E-state index contributed by atoms with van der Waals surface area (Å²) in [5.74, 6) is 1.49. The van der Waals surface area contributed by atoms with Gasteiger partial charge in [-0.2, -0.15) is 4.99 Å². The van der Waals surface area contributed by atoms with E-state index >= 15 is 0 Å². The molecule has 0 saturated heterocycles. The van der Waals surface area contributed by atoms with E-state index < -0.39 is 0 Å². The van der Waals surface area contributed by atoms with Crippen LogP contribution in [0.1, 0.15) is 6.92 Å². The van der Waals surface area contributed by atoms with Gasteiger partial charge in [0.2, 0.25) is 0 Å². The fraction of sp³-hybridized carbons (Fsp3) is 0.214. The van der Waals surface area contributed by atoms with Crippen LogP contribution in [0.2, 0.25) is 0 Å². The maximum Gasteiger partial charge on any atom is 0.198 e. The van der Waals surface area contributed by atoms with Crippen molar-refractivity contribution >= 4 is 46.7 Å². The maximum atomic E-state index is 5.95. The van der Waals surface area contributed by atoms with Crippen LogP contribution in [-0.4, -0.2) is 28.5 Å². The maximum absolute atomic E-state index is 5.95. The highest BCUT2D eigenvalue weighted by atomic mass is 127. The van der Waals surface area contributed by atoms with Crippen molar-refractivity contribution in [1.82, 2.24) is 9.47 Å². The standard InChI is InChI=1S/C14H16N4.HI/c1-2-17-9-8-13(16-14(17)15)18-10-7-11-5-3-4-6-12(11)18;/h3-8,10H,2,9H2,1H3,(H2,15,16);1H. The molecule has 1 aliphatic heterocycles. The Morgan fingerprint density at radius 3 is 2.79 bits per heavy atom.